The lowest BCUT2D eigenvalue weighted by Gasteiger charge is -2.24. The predicted octanol–water partition coefficient (Wildman–Crippen LogP) is 4.25. The van der Waals surface area contributed by atoms with Crippen molar-refractivity contribution in [1.29, 1.82) is 0 Å². The highest BCUT2D eigenvalue weighted by atomic mass is 19.4. The first-order valence-electron chi connectivity index (χ1n) is 9.31. The second-order valence-corrected chi connectivity index (χ2v) is 7.11. The van der Waals surface area contributed by atoms with E-state index in [1.165, 1.54) is 6.07 Å². The lowest BCUT2D eigenvalue weighted by molar-refractivity contribution is -0.148. The number of imidazole rings is 1. The third-order valence-corrected chi connectivity index (χ3v) is 5.02. The average molecular weight is 403 g/mol. The van der Waals surface area contributed by atoms with Gasteiger partial charge in [0.05, 0.1) is 18.1 Å². The molecule has 0 bridgehead atoms. The number of carbonyl (C=O) groups is 1. The van der Waals surface area contributed by atoms with Crippen LogP contribution in [0.5, 0.6) is 5.75 Å². The summed E-state index contributed by atoms with van der Waals surface area (Å²) >= 11 is 0. The number of carbonyl (C=O) groups excluding carboxylic acids is 1. The number of halogens is 3. The van der Waals surface area contributed by atoms with Crippen LogP contribution in [0.1, 0.15) is 24.2 Å². The maximum absolute atomic E-state index is 13.5. The predicted molar refractivity (Wildman–Crippen MR) is 101 cm³/mol. The Bertz CT molecular complexity index is 1020. The number of benzene rings is 2. The lowest BCUT2D eigenvalue weighted by atomic mass is 10.2. The Kier molecular flexibility index (Phi) is 4.94. The van der Waals surface area contributed by atoms with E-state index >= 15 is 0 Å². The van der Waals surface area contributed by atoms with Crippen LogP contribution < -0.4 is 4.74 Å². The van der Waals surface area contributed by atoms with Crippen LogP contribution >= 0.6 is 0 Å². The Morgan fingerprint density at radius 1 is 1.17 bits per heavy atom. The van der Waals surface area contributed by atoms with Gasteiger partial charge in [-0.05, 0) is 42.7 Å². The fourth-order valence-corrected chi connectivity index (χ4v) is 3.41. The molecular weight excluding hydrogens is 383 g/mol. The minimum absolute atomic E-state index is 0.0636. The smallest absolute Gasteiger partial charge is 0.449 e. The minimum atomic E-state index is -4.64. The fourth-order valence-electron chi connectivity index (χ4n) is 3.41. The molecule has 1 heterocycles. The van der Waals surface area contributed by atoms with Crippen molar-refractivity contribution < 1.29 is 22.7 Å². The first-order chi connectivity index (χ1) is 13.9. The van der Waals surface area contributed by atoms with Gasteiger partial charge in [0, 0.05) is 12.6 Å². The topological polar surface area (TPSA) is 47.4 Å². The third kappa shape index (κ3) is 4.06. The van der Waals surface area contributed by atoms with Gasteiger partial charge < -0.3 is 14.2 Å². The molecule has 0 spiro atoms. The Balaban J connectivity index is 1.61. The summed E-state index contributed by atoms with van der Waals surface area (Å²) in [5.41, 5.74) is 1.42. The number of nitrogens with zero attached hydrogens (tertiary/aromatic N) is 3. The number of ether oxygens (including phenoxy) is 1. The normalized spacial score (nSPS) is 14.2. The summed E-state index contributed by atoms with van der Waals surface area (Å²) in [7, 11) is 1.57. The zero-order valence-corrected chi connectivity index (χ0v) is 15.8. The Morgan fingerprint density at radius 2 is 1.86 bits per heavy atom. The van der Waals surface area contributed by atoms with Crippen molar-refractivity contribution in [3.05, 3.63) is 59.9 Å². The summed E-state index contributed by atoms with van der Waals surface area (Å²) in [5.74, 6) is -0.693. The van der Waals surface area contributed by atoms with Crippen molar-refractivity contribution in [3.8, 4) is 5.75 Å². The summed E-state index contributed by atoms with van der Waals surface area (Å²) in [4.78, 5) is 18.4. The van der Waals surface area contributed by atoms with E-state index in [0.29, 0.717) is 17.8 Å². The van der Waals surface area contributed by atoms with Gasteiger partial charge in [0.2, 0.25) is 11.7 Å². The highest BCUT2D eigenvalue weighted by Gasteiger charge is 2.39. The Morgan fingerprint density at radius 3 is 2.48 bits per heavy atom. The van der Waals surface area contributed by atoms with E-state index in [2.05, 4.69) is 4.98 Å². The monoisotopic (exact) mass is 403 g/mol. The van der Waals surface area contributed by atoms with Crippen LogP contribution in [0, 0.1) is 0 Å². The molecule has 3 aromatic rings. The molecule has 1 aromatic heterocycles. The molecule has 4 rings (SSSR count). The molecule has 152 valence electrons. The van der Waals surface area contributed by atoms with E-state index in [0.717, 1.165) is 23.0 Å². The van der Waals surface area contributed by atoms with Crippen LogP contribution in [0.15, 0.2) is 48.5 Å². The molecule has 0 aliphatic heterocycles. The molecule has 0 radical (unpaired) electrons. The Labute approximate surface area is 165 Å². The van der Waals surface area contributed by atoms with E-state index in [1.54, 1.807) is 42.3 Å². The quantitative estimate of drug-likeness (QED) is 0.618. The molecule has 29 heavy (non-hydrogen) atoms. The standard InChI is InChI=1S/C21H20F3N3O2/c1-29-16-10-6-14(7-11-16)12-26(15-8-9-15)19(28)13-27-18-5-3-2-4-17(18)25-20(27)21(22,23)24/h2-7,10-11,15H,8-9,12-13H2,1H3. The highest BCUT2D eigenvalue weighted by Crippen LogP contribution is 2.33. The summed E-state index contributed by atoms with van der Waals surface area (Å²) < 4.78 is 46.6. The SMILES string of the molecule is COc1ccc(CN(C(=O)Cn2c(C(F)(F)F)nc3ccccc32)C2CC2)cc1. The number of para-hydroxylation sites is 2. The molecule has 8 heteroatoms. The van der Waals surface area contributed by atoms with Gasteiger partial charge in [-0.25, -0.2) is 4.98 Å². The molecule has 1 aliphatic carbocycles. The maximum Gasteiger partial charge on any atom is 0.449 e. The number of hydrogen-bond donors (Lipinski definition) is 0. The largest absolute Gasteiger partial charge is 0.497 e. The van der Waals surface area contributed by atoms with Gasteiger partial charge in [-0.15, -0.1) is 0 Å². The van der Waals surface area contributed by atoms with Crippen molar-refractivity contribution in [1.82, 2.24) is 14.5 Å². The molecule has 0 unspecified atom stereocenters. The molecule has 1 aliphatic rings. The van der Waals surface area contributed by atoms with Gasteiger partial charge >= 0.3 is 6.18 Å². The molecular formula is C21H20F3N3O2. The van der Waals surface area contributed by atoms with Gasteiger partial charge in [0.1, 0.15) is 12.3 Å². The van der Waals surface area contributed by atoms with Crippen LogP contribution in [-0.2, 0) is 24.1 Å². The fraction of sp³-hybridized carbons (Fsp3) is 0.333. The number of aromatic nitrogens is 2. The number of rotatable bonds is 6. The van der Waals surface area contributed by atoms with E-state index in [9.17, 15) is 18.0 Å². The average Bonchev–Trinajstić information content (AvgIpc) is 3.47. The number of hydrogen-bond acceptors (Lipinski definition) is 3. The van der Waals surface area contributed by atoms with Crippen molar-refractivity contribution in [2.75, 3.05) is 7.11 Å². The van der Waals surface area contributed by atoms with Crippen LogP contribution in [0.25, 0.3) is 11.0 Å². The first-order valence-corrected chi connectivity index (χ1v) is 9.31. The van der Waals surface area contributed by atoms with Crippen LogP contribution in [0.2, 0.25) is 0 Å². The van der Waals surface area contributed by atoms with Gasteiger partial charge in [-0.3, -0.25) is 4.79 Å². The molecule has 0 N–H and O–H groups in total. The van der Waals surface area contributed by atoms with Crippen molar-refractivity contribution in [3.63, 3.8) is 0 Å². The molecule has 5 nitrogen and oxygen atoms in total. The zero-order chi connectivity index (χ0) is 20.6. The van der Waals surface area contributed by atoms with Crippen LogP contribution in [0.4, 0.5) is 13.2 Å². The number of amides is 1. The molecule has 0 atom stereocenters. The van der Waals surface area contributed by atoms with Crippen molar-refractivity contribution >= 4 is 16.9 Å². The van der Waals surface area contributed by atoms with E-state index in [4.69, 9.17) is 4.74 Å². The van der Waals surface area contributed by atoms with Gasteiger partial charge in [-0.1, -0.05) is 24.3 Å². The number of alkyl halides is 3. The summed E-state index contributed by atoms with van der Waals surface area (Å²) in [6.07, 6.45) is -2.92. The lowest BCUT2D eigenvalue weighted by Crippen LogP contribution is -2.36. The van der Waals surface area contributed by atoms with Crippen molar-refractivity contribution in [2.24, 2.45) is 0 Å². The molecule has 1 saturated carbocycles. The molecule has 1 fully saturated rings. The van der Waals surface area contributed by atoms with Gasteiger partial charge in [0.15, 0.2) is 0 Å². The second kappa shape index (κ2) is 7.42. The maximum atomic E-state index is 13.5. The summed E-state index contributed by atoms with van der Waals surface area (Å²) in [6.45, 7) is -0.0521. The van der Waals surface area contributed by atoms with Crippen LogP contribution in [0.3, 0.4) is 0 Å². The molecule has 1 amide bonds. The second-order valence-electron chi connectivity index (χ2n) is 7.11. The van der Waals surface area contributed by atoms with Crippen molar-refractivity contribution in [2.45, 2.75) is 38.1 Å². The molecule has 2 aromatic carbocycles. The highest BCUT2D eigenvalue weighted by molar-refractivity contribution is 5.81. The van der Waals surface area contributed by atoms with E-state index in [-0.39, 0.29) is 17.5 Å². The third-order valence-electron chi connectivity index (χ3n) is 5.02. The van der Waals surface area contributed by atoms with Gasteiger partial charge in [-0.2, -0.15) is 13.2 Å². The molecule has 0 saturated heterocycles. The summed E-state index contributed by atoms with van der Waals surface area (Å²) in [5, 5.41) is 0. The Hall–Kier alpha value is -3.03. The number of methoxy groups -OCH3 is 1. The zero-order valence-electron chi connectivity index (χ0n) is 15.8. The summed E-state index contributed by atoms with van der Waals surface area (Å²) in [6, 6.07) is 13.7. The van der Waals surface area contributed by atoms with E-state index < -0.39 is 18.5 Å². The number of fused-ring (bicyclic) bond motifs is 1. The van der Waals surface area contributed by atoms with Gasteiger partial charge in [0.25, 0.3) is 0 Å². The first kappa shape index (κ1) is 19.3. The minimum Gasteiger partial charge on any atom is -0.497 e. The van der Waals surface area contributed by atoms with Crippen LogP contribution in [-0.4, -0.2) is 33.5 Å². The van der Waals surface area contributed by atoms with E-state index in [1.807, 2.05) is 12.1 Å².